The van der Waals surface area contributed by atoms with Gasteiger partial charge in [0.25, 0.3) is 0 Å². The van der Waals surface area contributed by atoms with Gasteiger partial charge in [0.1, 0.15) is 11.6 Å². The largest absolute Gasteiger partial charge is 0.327 e. The number of aromatic nitrogens is 2. The highest BCUT2D eigenvalue weighted by Crippen LogP contribution is 2.29. The molecule has 102 valence electrons. The summed E-state index contributed by atoms with van der Waals surface area (Å²) in [6, 6.07) is 8.46. The number of nitriles is 1. The second-order valence-corrected chi connectivity index (χ2v) is 5.07. The molecule has 0 fully saturated rings. The van der Waals surface area contributed by atoms with Gasteiger partial charge in [-0.1, -0.05) is 17.7 Å². The Labute approximate surface area is 119 Å². The van der Waals surface area contributed by atoms with E-state index in [0.717, 1.165) is 22.5 Å². The molecular weight excluding hydrogens is 248 g/mol. The minimum atomic E-state index is 0.583. The average Bonchev–Trinajstić information content (AvgIpc) is 2.41. The summed E-state index contributed by atoms with van der Waals surface area (Å²) >= 11 is 0. The molecule has 4 heteroatoms. The lowest BCUT2D eigenvalue weighted by Gasteiger charge is -2.22. The first-order chi connectivity index (χ1) is 9.45. The van der Waals surface area contributed by atoms with Gasteiger partial charge in [0.05, 0.1) is 5.69 Å². The molecule has 0 spiro atoms. The third-order valence-electron chi connectivity index (χ3n) is 3.58. The molecule has 0 aliphatic carbocycles. The Morgan fingerprint density at radius 2 is 1.80 bits per heavy atom. The minimum absolute atomic E-state index is 0.583. The van der Waals surface area contributed by atoms with Gasteiger partial charge in [-0.15, -0.1) is 5.10 Å². The summed E-state index contributed by atoms with van der Waals surface area (Å²) in [5.41, 5.74) is 5.65. The molecule has 0 bridgehead atoms. The predicted octanol–water partition coefficient (Wildman–Crippen LogP) is 3.35. The Balaban J connectivity index is 2.57. The van der Waals surface area contributed by atoms with E-state index in [1.165, 1.54) is 5.56 Å². The average molecular weight is 266 g/mol. The summed E-state index contributed by atoms with van der Waals surface area (Å²) in [6.45, 7) is 7.89. The third-order valence-corrected chi connectivity index (χ3v) is 3.58. The molecule has 1 heterocycles. The Morgan fingerprint density at radius 3 is 2.40 bits per heavy atom. The van der Waals surface area contributed by atoms with Crippen molar-refractivity contribution >= 4 is 11.5 Å². The summed E-state index contributed by atoms with van der Waals surface area (Å²) in [5, 5.41) is 17.7. The van der Waals surface area contributed by atoms with Gasteiger partial charge in [0.15, 0.2) is 5.82 Å². The van der Waals surface area contributed by atoms with Gasteiger partial charge in [0.2, 0.25) is 0 Å². The SMILES string of the molecule is Cc1ccc(N(C)c2nnc(C)c(C)c2C#N)c(C)c1. The van der Waals surface area contributed by atoms with Crippen LogP contribution in [0, 0.1) is 39.0 Å². The van der Waals surface area contributed by atoms with Crippen molar-refractivity contribution in [3.63, 3.8) is 0 Å². The van der Waals surface area contributed by atoms with Crippen LogP contribution in [0.1, 0.15) is 27.9 Å². The maximum absolute atomic E-state index is 9.39. The quantitative estimate of drug-likeness (QED) is 0.836. The van der Waals surface area contributed by atoms with Crippen LogP contribution in [0.5, 0.6) is 0 Å². The maximum atomic E-state index is 9.39. The standard InChI is InChI=1S/C16H18N4/c1-10-6-7-15(11(2)8-10)20(5)16-14(9-17)12(3)13(4)18-19-16/h6-8H,1-5H3. The van der Waals surface area contributed by atoms with Crippen LogP contribution in [-0.2, 0) is 0 Å². The zero-order chi connectivity index (χ0) is 14.9. The molecule has 0 saturated heterocycles. The summed E-state index contributed by atoms with van der Waals surface area (Å²) in [4.78, 5) is 1.92. The molecule has 2 aromatic rings. The van der Waals surface area contributed by atoms with Crippen LogP contribution in [-0.4, -0.2) is 17.2 Å². The number of hydrogen-bond acceptors (Lipinski definition) is 4. The van der Waals surface area contributed by atoms with Gasteiger partial charge in [0, 0.05) is 12.7 Å². The molecule has 1 aromatic carbocycles. The van der Waals surface area contributed by atoms with Crippen LogP contribution in [0.2, 0.25) is 0 Å². The molecule has 0 unspecified atom stereocenters. The van der Waals surface area contributed by atoms with E-state index in [9.17, 15) is 5.26 Å². The van der Waals surface area contributed by atoms with Crippen molar-refractivity contribution < 1.29 is 0 Å². The third kappa shape index (κ3) is 2.35. The van der Waals surface area contributed by atoms with Crippen LogP contribution in [0.4, 0.5) is 11.5 Å². The van der Waals surface area contributed by atoms with Crippen LogP contribution in [0.3, 0.4) is 0 Å². The van der Waals surface area contributed by atoms with E-state index in [0.29, 0.717) is 11.4 Å². The van der Waals surface area contributed by atoms with E-state index in [1.807, 2.05) is 31.9 Å². The normalized spacial score (nSPS) is 10.2. The van der Waals surface area contributed by atoms with E-state index in [2.05, 4.69) is 42.2 Å². The highest BCUT2D eigenvalue weighted by atomic mass is 15.3. The molecule has 0 aliphatic rings. The molecule has 20 heavy (non-hydrogen) atoms. The Hall–Kier alpha value is -2.41. The van der Waals surface area contributed by atoms with Crippen molar-refractivity contribution in [2.24, 2.45) is 0 Å². The van der Waals surface area contributed by atoms with Crippen molar-refractivity contribution in [1.82, 2.24) is 10.2 Å². The van der Waals surface area contributed by atoms with Crippen LogP contribution >= 0.6 is 0 Å². The molecule has 1 aromatic heterocycles. The van der Waals surface area contributed by atoms with Crippen molar-refractivity contribution in [2.45, 2.75) is 27.7 Å². The van der Waals surface area contributed by atoms with Gasteiger partial charge in [-0.05, 0) is 44.9 Å². The molecule has 2 rings (SSSR count). The van der Waals surface area contributed by atoms with Crippen molar-refractivity contribution in [1.29, 1.82) is 5.26 Å². The zero-order valence-corrected chi connectivity index (χ0v) is 12.5. The maximum Gasteiger partial charge on any atom is 0.173 e. The lowest BCUT2D eigenvalue weighted by molar-refractivity contribution is 0.928. The van der Waals surface area contributed by atoms with E-state index in [1.54, 1.807) is 0 Å². The summed E-state index contributed by atoms with van der Waals surface area (Å²) < 4.78 is 0. The molecule has 0 radical (unpaired) electrons. The molecule has 0 atom stereocenters. The van der Waals surface area contributed by atoms with Crippen LogP contribution in [0.25, 0.3) is 0 Å². The van der Waals surface area contributed by atoms with E-state index in [4.69, 9.17) is 0 Å². The van der Waals surface area contributed by atoms with Crippen LogP contribution in [0.15, 0.2) is 18.2 Å². The van der Waals surface area contributed by atoms with E-state index in [-0.39, 0.29) is 0 Å². The fourth-order valence-corrected chi connectivity index (χ4v) is 2.26. The first kappa shape index (κ1) is 14.0. The monoisotopic (exact) mass is 266 g/mol. The summed E-state index contributed by atoms with van der Waals surface area (Å²) in [7, 11) is 1.91. The molecule has 0 N–H and O–H groups in total. The second-order valence-electron chi connectivity index (χ2n) is 5.07. The number of nitrogens with zero attached hydrogens (tertiary/aromatic N) is 4. The molecule has 0 aliphatic heterocycles. The molecule has 0 amide bonds. The topological polar surface area (TPSA) is 52.8 Å². The number of anilines is 2. The van der Waals surface area contributed by atoms with Gasteiger partial charge >= 0.3 is 0 Å². The molecular formula is C16H18N4. The van der Waals surface area contributed by atoms with E-state index >= 15 is 0 Å². The van der Waals surface area contributed by atoms with E-state index < -0.39 is 0 Å². The van der Waals surface area contributed by atoms with Crippen molar-refractivity contribution in [3.05, 3.63) is 46.1 Å². The smallest absolute Gasteiger partial charge is 0.173 e. The number of rotatable bonds is 2. The Morgan fingerprint density at radius 1 is 1.10 bits per heavy atom. The number of aryl methyl sites for hydroxylation is 3. The first-order valence-corrected chi connectivity index (χ1v) is 6.50. The highest BCUT2D eigenvalue weighted by Gasteiger charge is 2.16. The number of hydrogen-bond donors (Lipinski definition) is 0. The lowest BCUT2D eigenvalue weighted by atomic mass is 10.1. The predicted molar refractivity (Wildman–Crippen MR) is 80.2 cm³/mol. The molecule has 4 nitrogen and oxygen atoms in total. The minimum Gasteiger partial charge on any atom is -0.327 e. The first-order valence-electron chi connectivity index (χ1n) is 6.50. The fourth-order valence-electron chi connectivity index (χ4n) is 2.26. The van der Waals surface area contributed by atoms with Crippen molar-refractivity contribution in [3.8, 4) is 6.07 Å². The molecule has 0 saturated carbocycles. The summed E-state index contributed by atoms with van der Waals surface area (Å²) in [6.07, 6.45) is 0. The summed E-state index contributed by atoms with van der Waals surface area (Å²) in [5.74, 6) is 0.600. The van der Waals surface area contributed by atoms with Crippen LogP contribution < -0.4 is 4.90 Å². The number of benzene rings is 1. The fraction of sp³-hybridized carbons (Fsp3) is 0.312. The van der Waals surface area contributed by atoms with Gasteiger partial charge < -0.3 is 4.90 Å². The lowest BCUT2D eigenvalue weighted by Crippen LogP contribution is -2.16. The zero-order valence-electron chi connectivity index (χ0n) is 12.5. The highest BCUT2D eigenvalue weighted by molar-refractivity contribution is 5.69. The van der Waals surface area contributed by atoms with Gasteiger partial charge in [-0.25, -0.2) is 0 Å². The van der Waals surface area contributed by atoms with Crippen molar-refractivity contribution in [2.75, 3.05) is 11.9 Å². The Kier molecular flexibility index (Phi) is 3.71. The van der Waals surface area contributed by atoms with Gasteiger partial charge in [-0.2, -0.15) is 10.4 Å². The Bertz CT molecular complexity index is 698. The second kappa shape index (κ2) is 5.30. The van der Waals surface area contributed by atoms with Gasteiger partial charge in [-0.3, -0.25) is 0 Å².